The molecule has 0 unspecified atom stereocenters. The van der Waals surface area contributed by atoms with Gasteiger partial charge in [0.1, 0.15) is 0 Å². The first-order valence-corrected chi connectivity index (χ1v) is 4.88. The minimum atomic E-state index is 1.03. The zero-order valence-electron chi connectivity index (χ0n) is 8.82. The van der Waals surface area contributed by atoms with Gasteiger partial charge in [-0.2, -0.15) is 5.10 Å². The number of hydrogen-bond donors (Lipinski definition) is 0. The third-order valence-corrected chi connectivity index (χ3v) is 2.09. The molecule has 0 aliphatic carbocycles. The molecule has 0 atom stereocenters. The summed E-state index contributed by atoms with van der Waals surface area (Å²) >= 11 is 0. The maximum Gasteiger partial charge on any atom is 0.0521 e. The van der Waals surface area contributed by atoms with Crippen molar-refractivity contribution in [3.8, 4) is 0 Å². The number of aryl methyl sites for hydroxylation is 2. The summed E-state index contributed by atoms with van der Waals surface area (Å²) in [5.41, 5.74) is 1.32. The van der Waals surface area contributed by atoms with Crippen LogP contribution in [0.25, 0.3) is 0 Å². The first-order valence-electron chi connectivity index (χ1n) is 4.88. The lowest BCUT2D eigenvalue weighted by molar-refractivity contribution is 0.380. The molecule has 0 spiro atoms. The molecule has 1 aromatic rings. The van der Waals surface area contributed by atoms with Gasteiger partial charge in [-0.25, -0.2) is 0 Å². The molecule has 0 N–H and O–H groups in total. The van der Waals surface area contributed by atoms with Crippen molar-refractivity contribution < 1.29 is 0 Å². The minimum Gasteiger partial charge on any atom is -0.309 e. The fraction of sp³-hybridized carbons (Fsp3) is 0.700. The van der Waals surface area contributed by atoms with Crippen LogP contribution in [0.1, 0.15) is 18.9 Å². The number of aromatic nitrogens is 2. The molecule has 1 rings (SSSR count). The monoisotopic (exact) mass is 181 g/mol. The summed E-state index contributed by atoms with van der Waals surface area (Å²) in [6.45, 7) is 4.31. The third-order valence-electron chi connectivity index (χ3n) is 2.09. The van der Waals surface area contributed by atoms with Crippen molar-refractivity contribution in [2.75, 3.05) is 20.6 Å². The van der Waals surface area contributed by atoms with Crippen LogP contribution in [0, 0.1) is 0 Å². The van der Waals surface area contributed by atoms with Crippen molar-refractivity contribution >= 4 is 0 Å². The normalized spacial score (nSPS) is 11.1. The molecule has 0 saturated heterocycles. The van der Waals surface area contributed by atoms with Crippen LogP contribution in [0.3, 0.4) is 0 Å². The Morgan fingerprint density at radius 1 is 1.46 bits per heavy atom. The highest BCUT2D eigenvalue weighted by Gasteiger charge is 1.96. The smallest absolute Gasteiger partial charge is 0.0521 e. The number of rotatable bonds is 5. The van der Waals surface area contributed by atoms with Crippen molar-refractivity contribution in [2.45, 2.75) is 26.3 Å². The van der Waals surface area contributed by atoms with Crippen LogP contribution in [-0.2, 0) is 13.0 Å². The lowest BCUT2D eigenvalue weighted by atomic mass is 10.3. The second-order valence-corrected chi connectivity index (χ2v) is 3.62. The summed E-state index contributed by atoms with van der Waals surface area (Å²) in [6, 6.07) is 0. The van der Waals surface area contributed by atoms with Crippen LogP contribution in [0.4, 0.5) is 0 Å². The van der Waals surface area contributed by atoms with Crippen LogP contribution >= 0.6 is 0 Å². The molecule has 0 saturated carbocycles. The van der Waals surface area contributed by atoms with E-state index in [0.717, 1.165) is 25.9 Å². The van der Waals surface area contributed by atoms with Crippen LogP contribution in [0.15, 0.2) is 12.4 Å². The maximum absolute atomic E-state index is 4.28. The SMILES string of the molecule is CCc1cnn(CCCN(C)C)c1. The molecule has 0 aliphatic rings. The molecule has 0 aliphatic heterocycles. The van der Waals surface area contributed by atoms with E-state index in [0.29, 0.717) is 0 Å². The summed E-state index contributed by atoms with van der Waals surface area (Å²) in [5, 5.41) is 4.28. The zero-order chi connectivity index (χ0) is 9.68. The Labute approximate surface area is 80.4 Å². The lowest BCUT2D eigenvalue weighted by Gasteiger charge is -2.08. The van der Waals surface area contributed by atoms with E-state index in [1.54, 1.807) is 0 Å². The van der Waals surface area contributed by atoms with Gasteiger partial charge in [0.25, 0.3) is 0 Å². The summed E-state index contributed by atoms with van der Waals surface area (Å²) in [7, 11) is 4.20. The molecule has 0 radical (unpaired) electrons. The molecular weight excluding hydrogens is 162 g/mol. The zero-order valence-corrected chi connectivity index (χ0v) is 8.82. The Balaban J connectivity index is 2.28. The lowest BCUT2D eigenvalue weighted by Crippen LogP contribution is -2.15. The predicted octanol–water partition coefficient (Wildman–Crippen LogP) is 1.40. The highest BCUT2D eigenvalue weighted by atomic mass is 15.3. The van der Waals surface area contributed by atoms with Gasteiger partial charge in [-0.15, -0.1) is 0 Å². The Kier molecular flexibility index (Phi) is 3.96. The van der Waals surface area contributed by atoms with Gasteiger partial charge in [-0.05, 0) is 39.0 Å². The molecular formula is C10H19N3. The van der Waals surface area contributed by atoms with Crippen molar-refractivity contribution in [2.24, 2.45) is 0 Å². The van der Waals surface area contributed by atoms with E-state index in [1.165, 1.54) is 5.56 Å². The van der Waals surface area contributed by atoms with Crippen molar-refractivity contribution in [1.82, 2.24) is 14.7 Å². The molecule has 0 fully saturated rings. The molecule has 74 valence electrons. The van der Waals surface area contributed by atoms with E-state index < -0.39 is 0 Å². The Hall–Kier alpha value is -0.830. The molecule has 3 heteroatoms. The maximum atomic E-state index is 4.28. The molecule has 0 bridgehead atoms. The van der Waals surface area contributed by atoms with Crippen molar-refractivity contribution in [1.29, 1.82) is 0 Å². The van der Waals surface area contributed by atoms with Crippen molar-refractivity contribution in [3.05, 3.63) is 18.0 Å². The summed E-state index contributed by atoms with van der Waals surface area (Å²) in [6.07, 6.45) is 6.33. The van der Waals surface area contributed by atoms with Crippen molar-refractivity contribution in [3.63, 3.8) is 0 Å². The first-order chi connectivity index (χ1) is 6.22. The standard InChI is InChI=1S/C10H19N3/c1-4-10-8-11-13(9-10)7-5-6-12(2)3/h8-9H,4-7H2,1-3H3. The topological polar surface area (TPSA) is 21.1 Å². The molecule has 3 nitrogen and oxygen atoms in total. The first kappa shape index (κ1) is 10.3. The predicted molar refractivity (Wildman–Crippen MR) is 54.8 cm³/mol. The van der Waals surface area contributed by atoms with Crippen LogP contribution in [-0.4, -0.2) is 35.3 Å². The molecule has 0 aromatic carbocycles. The Bertz CT molecular complexity index is 240. The second kappa shape index (κ2) is 5.02. The summed E-state index contributed by atoms with van der Waals surface area (Å²) < 4.78 is 2.03. The Morgan fingerprint density at radius 3 is 2.77 bits per heavy atom. The minimum absolute atomic E-state index is 1.03. The van der Waals surface area contributed by atoms with Gasteiger partial charge in [0.2, 0.25) is 0 Å². The number of nitrogens with zero attached hydrogens (tertiary/aromatic N) is 3. The van der Waals surface area contributed by atoms with Gasteiger partial charge < -0.3 is 4.90 Å². The average Bonchev–Trinajstić information content (AvgIpc) is 2.52. The van der Waals surface area contributed by atoms with E-state index in [1.807, 2.05) is 10.9 Å². The van der Waals surface area contributed by atoms with E-state index in [2.05, 4.69) is 37.2 Å². The Morgan fingerprint density at radius 2 is 2.23 bits per heavy atom. The van der Waals surface area contributed by atoms with Gasteiger partial charge >= 0.3 is 0 Å². The highest BCUT2D eigenvalue weighted by molar-refractivity contribution is 5.02. The molecule has 0 amide bonds. The van der Waals surface area contributed by atoms with E-state index in [-0.39, 0.29) is 0 Å². The van der Waals surface area contributed by atoms with Crippen LogP contribution < -0.4 is 0 Å². The third kappa shape index (κ3) is 3.59. The summed E-state index contributed by atoms with van der Waals surface area (Å²) in [4.78, 5) is 2.20. The fourth-order valence-electron chi connectivity index (χ4n) is 1.26. The quantitative estimate of drug-likeness (QED) is 0.684. The summed E-state index contributed by atoms with van der Waals surface area (Å²) in [5.74, 6) is 0. The molecule has 13 heavy (non-hydrogen) atoms. The van der Waals surface area contributed by atoms with Gasteiger partial charge in [0.15, 0.2) is 0 Å². The van der Waals surface area contributed by atoms with Gasteiger partial charge in [0.05, 0.1) is 6.20 Å². The van der Waals surface area contributed by atoms with Crippen LogP contribution in [0.5, 0.6) is 0 Å². The van der Waals surface area contributed by atoms with Gasteiger partial charge in [-0.1, -0.05) is 6.92 Å². The molecule has 1 heterocycles. The van der Waals surface area contributed by atoms with E-state index >= 15 is 0 Å². The van der Waals surface area contributed by atoms with E-state index in [9.17, 15) is 0 Å². The molecule has 1 aromatic heterocycles. The second-order valence-electron chi connectivity index (χ2n) is 3.62. The number of hydrogen-bond acceptors (Lipinski definition) is 2. The highest BCUT2D eigenvalue weighted by Crippen LogP contribution is 1.99. The average molecular weight is 181 g/mol. The van der Waals surface area contributed by atoms with Gasteiger partial charge in [0, 0.05) is 12.7 Å². The van der Waals surface area contributed by atoms with E-state index in [4.69, 9.17) is 0 Å². The largest absolute Gasteiger partial charge is 0.309 e. The fourth-order valence-corrected chi connectivity index (χ4v) is 1.26. The van der Waals surface area contributed by atoms with Crippen LogP contribution in [0.2, 0.25) is 0 Å². The van der Waals surface area contributed by atoms with Gasteiger partial charge in [-0.3, -0.25) is 4.68 Å².